The van der Waals surface area contributed by atoms with Crippen molar-refractivity contribution in [2.75, 3.05) is 25.1 Å². The molecule has 0 saturated carbocycles. The lowest BCUT2D eigenvalue weighted by Gasteiger charge is -2.31. The average Bonchev–Trinajstić information content (AvgIpc) is 3.38. The second-order valence-corrected chi connectivity index (χ2v) is 11.0. The first-order valence-electron chi connectivity index (χ1n) is 14.9. The van der Waals surface area contributed by atoms with Crippen LogP contribution in [0.4, 0.5) is 5.69 Å². The number of rotatable bonds is 14. The van der Waals surface area contributed by atoms with Crippen LogP contribution in [-0.4, -0.2) is 65.3 Å². The van der Waals surface area contributed by atoms with E-state index in [1.54, 1.807) is 18.2 Å². The molecule has 232 valence electrons. The van der Waals surface area contributed by atoms with Crippen LogP contribution in [0, 0.1) is 0 Å². The minimum Gasteiger partial charge on any atom is -0.379 e. The number of anilines is 1. The standard InChI is InChI=1S/C33H35N7O5/c34-38-35-18-25(39(19-23-8-3-1-4-9-23)20-24-10-5-2-6-11-24)22-45-17-16-31(42)36-28-13-7-12-26-27(28)21-40(33(26)44)29-14-15-30(41)37-32(29)43/h1-13,25,29H,14-22H2,(H,36,42)(H,37,41,43). The summed E-state index contributed by atoms with van der Waals surface area (Å²) >= 11 is 0. The van der Waals surface area contributed by atoms with Gasteiger partial charge in [0, 0.05) is 60.4 Å². The number of fused-ring (bicyclic) bond motifs is 1. The highest BCUT2D eigenvalue weighted by Crippen LogP contribution is 2.32. The number of ether oxygens (including phenoxy) is 1. The number of azide groups is 1. The lowest BCUT2D eigenvalue weighted by Crippen LogP contribution is -2.52. The van der Waals surface area contributed by atoms with Crippen LogP contribution in [0.2, 0.25) is 0 Å². The summed E-state index contributed by atoms with van der Waals surface area (Å²) < 4.78 is 5.96. The van der Waals surface area contributed by atoms with E-state index in [0.717, 1.165) is 11.1 Å². The van der Waals surface area contributed by atoms with Gasteiger partial charge in [-0.1, -0.05) is 71.8 Å². The Kier molecular flexibility index (Phi) is 10.5. The van der Waals surface area contributed by atoms with Crippen LogP contribution >= 0.6 is 0 Å². The lowest BCUT2D eigenvalue weighted by atomic mass is 10.0. The molecule has 5 rings (SSSR count). The molecule has 2 aliphatic heterocycles. The summed E-state index contributed by atoms with van der Waals surface area (Å²) in [6.07, 6.45) is 0.498. The number of benzene rings is 3. The van der Waals surface area contributed by atoms with Crippen molar-refractivity contribution in [3.05, 3.63) is 112 Å². The van der Waals surface area contributed by atoms with Gasteiger partial charge in [0.25, 0.3) is 5.91 Å². The summed E-state index contributed by atoms with van der Waals surface area (Å²) in [6.45, 7) is 2.00. The first kappa shape index (κ1) is 31.4. The fraction of sp³-hybridized carbons (Fsp3) is 0.333. The van der Waals surface area contributed by atoms with Crippen molar-refractivity contribution in [3.63, 3.8) is 0 Å². The Morgan fingerprint density at radius 2 is 1.71 bits per heavy atom. The van der Waals surface area contributed by atoms with Gasteiger partial charge >= 0.3 is 0 Å². The number of carbonyl (C=O) groups excluding carboxylic acids is 4. The summed E-state index contributed by atoms with van der Waals surface area (Å²) in [7, 11) is 0. The molecule has 0 spiro atoms. The van der Waals surface area contributed by atoms with Gasteiger partial charge in [0.1, 0.15) is 6.04 Å². The third-order valence-corrected chi connectivity index (χ3v) is 7.97. The predicted octanol–water partition coefficient (Wildman–Crippen LogP) is 4.17. The van der Waals surface area contributed by atoms with Crippen LogP contribution in [0.5, 0.6) is 0 Å². The molecule has 3 aromatic rings. The van der Waals surface area contributed by atoms with Gasteiger partial charge in [-0.05, 0) is 35.2 Å². The van der Waals surface area contributed by atoms with Crippen molar-refractivity contribution in [1.82, 2.24) is 15.1 Å². The highest BCUT2D eigenvalue weighted by Gasteiger charge is 2.40. The minimum absolute atomic E-state index is 0.0695. The molecule has 0 bridgehead atoms. The minimum atomic E-state index is -0.735. The maximum atomic E-state index is 13.1. The monoisotopic (exact) mass is 609 g/mol. The average molecular weight is 610 g/mol. The van der Waals surface area contributed by atoms with Crippen molar-refractivity contribution in [1.29, 1.82) is 0 Å². The van der Waals surface area contributed by atoms with Gasteiger partial charge < -0.3 is 15.0 Å². The van der Waals surface area contributed by atoms with E-state index in [1.165, 1.54) is 4.90 Å². The van der Waals surface area contributed by atoms with Crippen LogP contribution < -0.4 is 10.6 Å². The van der Waals surface area contributed by atoms with E-state index in [0.29, 0.717) is 29.9 Å². The zero-order valence-corrected chi connectivity index (χ0v) is 24.8. The first-order valence-corrected chi connectivity index (χ1v) is 14.9. The van der Waals surface area contributed by atoms with Crippen LogP contribution in [0.25, 0.3) is 10.4 Å². The molecule has 4 amide bonds. The number of imide groups is 1. The van der Waals surface area contributed by atoms with Crippen LogP contribution in [0.3, 0.4) is 0 Å². The number of hydrogen-bond donors (Lipinski definition) is 2. The highest BCUT2D eigenvalue weighted by molar-refractivity contribution is 6.06. The number of hydrogen-bond acceptors (Lipinski definition) is 7. The van der Waals surface area contributed by atoms with E-state index in [4.69, 9.17) is 10.3 Å². The van der Waals surface area contributed by atoms with Crippen molar-refractivity contribution >= 4 is 29.3 Å². The Morgan fingerprint density at radius 3 is 2.36 bits per heavy atom. The molecule has 2 atom stereocenters. The van der Waals surface area contributed by atoms with Crippen molar-refractivity contribution in [3.8, 4) is 0 Å². The molecule has 2 aliphatic rings. The Labute approximate surface area is 261 Å². The van der Waals surface area contributed by atoms with Crippen LogP contribution in [-0.2, 0) is 38.8 Å². The van der Waals surface area contributed by atoms with Crippen LogP contribution in [0.1, 0.15) is 46.3 Å². The third kappa shape index (κ3) is 8.12. The molecule has 0 radical (unpaired) electrons. The Morgan fingerprint density at radius 1 is 1.02 bits per heavy atom. The van der Waals surface area contributed by atoms with Gasteiger partial charge in [-0.25, -0.2) is 0 Å². The number of nitrogens with zero attached hydrogens (tertiary/aromatic N) is 5. The quantitative estimate of drug-likeness (QED) is 0.0918. The maximum absolute atomic E-state index is 13.1. The smallest absolute Gasteiger partial charge is 0.255 e. The van der Waals surface area contributed by atoms with Gasteiger partial charge in [-0.15, -0.1) is 0 Å². The number of nitrogens with one attached hydrogen (secondary N) is 2. The zero-order chi connectivity index (χ0) is 31.6. The summed E-state index contributed by atoms with van der Waals surface area (Å²) in [5.41, 5.74) is 12.8. The van der Waals surface area contributed by atoms with Crippen LogP contribution in [0.15, 0.2) is 84.0 Å². The molecule has 2 N–H and O–H groups in total. The second-order valence-electron chi connectivity index (χ2n) is 11.0. The van der Waals surface area contributed by atoms with Crippen molar-refractivity contribution in [2.45, 2.75) is 51.0 Å². The summed E-state index contributed by atoms with van der Waals surface area (Å²) in [5, 5.41) is 9.02. The van der Waals surface area contributed by atoms with Crippen molar-refractivity contribution < 1.29 is 23.9 Å². The molecular formula is C33H35N7O5. The molecule has 0 aromatic heterocycles. The molecule has 3 aromatic carbocycles. The summed E-state index contributed by atoms with van der Waals surface area (Å²) in [4.78, 5) is 56.6. The van der Waals surface area contributed by atoms with Gasteiger partial charge in [0.05, 0.1) is 19.6 Å². The molecule has 12 heteroatoms. The lowest BCUT2D eigenvalue weighted by molar-refractivity contribution is -0.137. The van der Waals surface area contributed by atoms with E-state index in [9.17, 15) is 19.2 Å². The fourth-order valence-electron chi connectivity index (χ4n) is 5.65. The van der Waals surface area contributed by atoms with E-state index >= 15 is 0 Å². The maximum Gasteiger partial charge on any atom is 0.255 e. The normalized spacial score (nSPS) is 16.6. The molecule has 1 saturated heterocycles. The largest absolute Gasteiger partial charge is 0.379 e. The molecular weight excluding hydrogens is 574 g/mol. The number of carbonyl (C=O) groups is 4. The predicted molar refractivity (Wildman–Crippen MR) is 166 cm³/mol. The van der Waals surface area contributed by atoms with Gasteiger partial charge in [-0.2, -0.15) is 0 Å². The van der Waals surface area contributed by atoms with E-state index in [1.807, 2.05) is 60.7 Å². The molecule has 12 nitrogen and oxygen atoms in total. The molecule has 2 unspecified atom stereocenters. The van der Waals surface area contributed by atoms with Gasteiger partial charge in [0.2, 0.25) is 17.7 Å². The van der Waals surface area contributed by atoms with Gasteiger partial charge in [-0.3, -0.25) is 29.4 Å². The third-order valence-electron chi connectivity index (χ3n) is 7.97. The van der Waals surface area contributed by atoms with Gasteiger partial charge in [0.15, 0.2) is 0 Å². The zero-order valence-electron chi connectivity index (χ0n) is 24.8. The fourth-order valence-corrected chi connectivity index (χ4v) is 5.65. The second kappa shape index (κ2) is 15.1. The summed E-state index contributed by atoms with van der Waals surface area (Å²) in [5.74, 6) is -1.42. The molecule has 2 heterocycles. The molecule has 45 heavy (non-hydrogen) atoms. The molecule has 0 aliphatic carbocycles. The highest BCUT2D eigenvalue weighted by atomic mass is 16.5. The number of amides is 4. The van der Waals surface area contributed by atoms with Crippen molar-refractivity contribution in [2.24, 2.45) is 5.11 Å². The summed E-state index contributed by atoms with van der Waals surface area (Å²) in [6, 6.07) is 24.2. The van der Waals surface area contributed by atoms with E-state index < -0.39 is 11.9 Å². The first-order chi connectivity index (χ1) is 21.9. The SMILES string of the molecule is [N-]=[N+]=NCC(COCCC(=O)Nc1cccc2c1CN(C1CCC(=O)NC1=O)C2=O)N(Cc1ccccc1)Cc1ccccc1. The Bertz CT molecular complexity index is 1540. The molecule has 1 fully saturated rings. The Hall–Kier alpha value is -5.03. The topological polar surface area (TPSA) is 157 Å². The Balaban J connectivity index is 1.18. The van der Waals surface area contributed by atoms with E-state index in [-0.39, 0.29) is 69.3 Å². The van der Waals surface area contributed by atoms with E-state index in [2.05, 4.69) is 25.6 Å². The number of piperidine rings is 1.